The monoisotopic (exact) mass is 409 g/mol. The molecule has 0 aromatic rings. The quantitative estimate of drug-likeness (QED) is 0.228. The fourth-order valence-corrected chi connectivity index (χ4v) is 2.97. The average molecular weight is 410 g/mol. The smallest absolute Gasteiger partial charge is 0.328 e. The van der Waals surface area contributed by atoms with Crippen molar-refractivity contribution in [3.8, 4) is 0 Å². The number of rotatable bonds is 14. The first-order chi connectivity index (χ1) is 13.2. The van der Waals surface area contributed by atoms with Crippen LogP contribution in [0.15, 0.2) is 47.6 Å². The zero-order chi connectivity index (χ0) is 21.4. The summed E-state index contributed by atoms with van der Waals surface area (Å²) in [7, 11) is 0. The zero-order valence-electron chi connectivity index (χ0n) is 16.8. The van der Waals surface area contributed by atoms with E-state index < -0.39 is 23.9 Å². The maximum Gasteiger partial charge on any atom is 0.328 e. The molecule has 0 saturated heterocycles. The molecular weight excluding hydrogens is 378 g/mol. The van der Waals surface area contributed by atoms with Gasteiger partial charge in [0.2, 0.25) is 5.91 Å². The van der Waals surface area contributed by atoms with E-state index in [4.69, 9.17) is 10.2 Å². The van der Waals surface area contributed by atoms with E-state index in [0.29, 0.717) is 11.8 Å². The molecule has 0 fully saturated rings. The number of aliphatic carboxylic acids is 2. The first-order valence-corrected chi connectivity index (χ1v) is 10.3. The van der Waals surface area contributed by atoms with Crippen LogP contribution < -0.4 is 5.32 Å². The van der Waals surface area contributed by atoms with Gasteiger partial charge in [0.1, 0.15) is 6.04 Å². The van der Waals surface area contributed by atoms with E-state index in [1.54, 1.807) is 0 Å². The van der Waals surface area contributed by atoms with Gasteiger partial charge >= 0.3 is 11.9 Å². The third-order valence-corrected chi connectivity index (χ3v) is 4.57. The van der Waals surface area contributed by atoms with Gasteiger partial charge in [-0.3, -0.25) is 4.79 Å². The Kier molecular flexibility index (Phi) is 14.5. The van der Waals surface area contributed by atoms with Crippen molar-refractivity contribution >= 4 is 29.6 Å². The van der Waals surface area contributed by atoms with Crippen LogP contribution in [-0.2, 0) is 14.4 Å². The summed E-state index contributed by atoms with van der Waals surface area (Å²) in [6.07, 6.45) is 14.1. The van der Waals surface area contributed by atoms with Crippen LogP contribution in [-0.4, -0.2) is 45.6 Å². The van der Waals surface area contributed by atoms with Crippen molar-refractivity contribution < 1.29 is 24.6 Å². The second-order valence-corrected chi connectivity index (χ2v) is 7.60. The van der Waals surface area contributed by atoms with Crippen LogP contribution in [0.3, 0.4) is 0 Å². The van der Waals surface area contributed by atoms with Crippen LogP contribution >= 0.6 is 11.8 Å². The van der Waals surface area contributed by atoms with Crippen molar-refractivity contribution in [2.75, 3.05) is 11.5 Å². The maximum atomic E-state index is 11.5. The molecule has 156 valence electrons. The lowest BCUT2D eigenvalue weighted by atomic mass is 10.1. The van der Waals surface area contributed by atoms with E-state index in [1.165, 1.54) is 22.9 Å². The fraction of sp³-hybridized carbons (Fsp3) is 0.476. The van der Waals surface area contributed by atoms with E-state index in [0.717, 1.165) is 31.8 Å². The normalized spacial score (nSPS) is 12.9. The lowest BCUT2D eigenvalue weighted by Crippen LogP contribution is -2.42. The van der Waals surface area contributed by atoms with Crippen LogP contribution in [0.1, 0.15) is 46.5 Å². The minimum absolute atomic E-state index is 0.204. The second-order valence-electron chi connectivity index (χ2n) is 6.53. The highest BCUT2D eigenvalue weighted by Crippen LogP contribution is 2.09. The van der Waals surface area contributed by atoms with Gasteiger partial charge in [0.05, 0.1) is 0 Å². The van der Waals surface area contributed by atoms with Crippen molar-refractivity contribution in [1.29, 1.82) is 0 Å². The number of nitrogens with one attached hydrogen (secondary N) is 1. The number of carbonyl (C=O) groups is 3. The lowest BCUT2D eigenvalue weighted by Gasteiger charge is -2.12. The summed E-state index contributed by atoms with van der Waals surface area (Å²) >= 11 is 1.39. The highest BCUT2D eigenvalue weighted by molar-refractivity contribution is 7.99. The summed E-state index contributed by atoms with van der Waals surface area (Å²) < 4.78 is 0. The van der Waals surface area contributed by atoms with Gasteiger partial charge in [-0.2, -0.15) is 11.8 Å². The van der Waals surface area contributed by atoms with Crippen molar-refractivity contribution in [3.63, 3.8) is 0 Å². The van der Waals surface area contributed by atoms with Crippen LogP contribution in [0.5, 0.6) is 0 Å². The van der Waals surface area contributed by atoms with E-state index >= 15 is 0 Å². The Hall–Kier alpha value is -2.28. The Bertz CT molecular complexity index is 631. The van der Waals surface area contributed by atoms with Gasteiger partial charge in [0.15, 0.2) is 0 Å². The standard InChI is InChI=1S/C21H31NO5S/c1-16(2)9-8-11-17(3)10-6-4-5-7-14-28-15-18(21(26)27)22-19(23)12-13-20(24)25/h5,7,9-10,12-13,18H,4,6,8,11,14-15H2,1-3H3,(H,22,23)(H,24,25)(H,26,27)/b7-5+,13-12+,17-10+/t18-/m0/s1. The summed E-state index contributed by atoms with van der Waals surface area (Å²) in [6, 6.07) is -1.06. The van der Waals surface area contributed by atoms with Crippen LogP contribution in [0.2, 0.25) is 0 Å². The van der Waals surface area contributed by atoms with Gasteiger partial charge in [-0.25, -0.2) is 9.59 Å². The Morgan fingerprint density at radius 2 is 1.68 bits per heavy atom. The molecule has 0 aliphatic carbocycles. The minimum atomic E-state index is -1.26. The van der Waals surface area contributed by atoms with Crippen molar-refractivity contribution in [2.45, 2.75) is 52.5 Å². The summed E-state index contributed by atoms with van der Waals surface area (Å²) in [6.45, 7) is 6.35. The minimum Gasteiger partial charge on any atom is -0.480 e. The van der Waals surface area contributed by atoms with Gasteiger partial charge < -0.3 is 15.5 Å². The number of thioether (sulfide) groups is 1. The molecule has 1 amide bonds. The molecular formula is C21H31NO5S. The maximum absolute atomic E-state index is 11.5. The molecule has 0 unspecified atom stereocenters. The molecule has 0 spiro atoms. The molecule has 0 aliphatic rings. The van der Waals surface area contributed by atoms with Crippen molar-refractivity contribution in [2.24, 2.45) is 0 Å². The molecule has 6 nitrogen and oxygen atoms in total. The first kappa shape index (κ1) is 25.7. The molecule has 3 N–H and O–H groups in total. The molecule has 0 aliphatic heterocycles. The second kappa shape index (κ2) is 15.7. The van der Waals surface area contributed by atoms with Gasteiger partial charge in [-0.15, -0.1) is 0 Å². The molecule has 0 aromatic carbocycles. The SMILES string of the molecule is CC(C)=CCC/C(C)=C/CC/C=C/CSC[C@H](NC(=O)/C=C/C(=O)O)C(=O)O. The van der Waals surface area contributed by atoms with Gasteiger partial charge in [-0.1, -0.05) is 35.5 Å². The number of amides is 1. The highest BCUT2D eigenvalue weighted by Gasteiger charge is 2.18. The van der Waals surface area contributed by atoms with Gasteiger partial charge in [0, 0.05) is 23.7 Å². The fourth-order valence-electron chi connectivity index (χ4n) is 2.10. The van der Waals surface area contributed by atoms with Gasteiger partial charge in [0.25, 0.3) is 0 Å². The zero-order valence-corrected chi connectivity index (χ0v) is 17.6. The molecule has 0 rings (SSSR count). The van der Waals surface area contributed by atoms with E-state index in [9.17, 15) is 14.4 Å². The summed E-state index contributed by atoms with van der Waals surface area (Å²) in [5.41, 5.74) is 2.73. The summed E-state index contributed by atoms with van der Waals surface area (Å²) in [5, 5.41) is 19.8. The predicted octanol–water partition coefficient (Wildman–Crippen LogP) is 3.96. The number of carbonyl (C=O) groups excluding carboxylic acids is 1. The van der Waals surface area contributed by atoms with Crippen LogP contribution in [0.25, 0.3) is 0 Å². The summed E-state index contributed by atoms with van der Waals surface area (Å²) in [5.74, 6) is -2.30. The Balaban J connectivity index is 4.07. The third kappa shape index (κ3) is 15.9. The van der Waals surface area contributed by atoms with E-state index in [-0.39, 0.29) is 5.75 Å². The molecule has 0 aromatic heterocycles. The topological polar surface area (TPSA) is 104 Å². The summed E-state index contributed by atoms with van der Waals surface area (Å²) in [4.78, 5) is 33.0. The Morgan fingerprint density at radius 1 is 0.964 bits per heavy atom. The van der Waals surface area contributed by atoms with Gasteiger partial charge in [-0.05, 0) is 46.5 Å². The lowest BCUT2D eigenvalue weighted by molar-refractivity contribution is -0.140. The Morgan fingerprint density at radius 3 is 2.29 bits per heavy atom. The van der Waals surface area contributed by atoms with Crippen LogP contribution in [0, 0.1) is 0 Å². The van der Waals surface area contributed by atoms with Crippen molar-refractivity contribution in [1.82, 2.24) is 5.32 Å². The number of allylic oxidation sites excluding steroid dienone is 5. The number of hydrogen-bond donors (Lipinski definition) is 3. The predicted molar refractivity (Wildman–Crippen MR) is 114 cm³/mol. The Labute approximate surface area is 171 Å². The molecule has 0 bridgehead atoms. The van der Waals surface area contributed by atoms with E-state index in [1.807, 2.05) is 6.08 Å². The molecule has 7 heteroatoms. The number of hydrogen-bond acceptors (Lipinski definition) is 4. The largest absolute Gasteiger partial charge is 0.480 e. The molecule has 0 heterocycles. The molecule has 1 atom stereocenters. The molecule has 0 radical (unpaired) electrons. The number of carboxylic acid groups (broad SMARTS) is 2. The van der Waals surface area contributed by atoms with Crippen molar-refractivity contribution in [3.05, 3.63) is 47.6 Å². The molecule has 28 heavy (non-hydrogen) atoms. The average Bonchev–Trinajstić information content (AvgIpc) is 2.60. The number of unbranched alkanes of at least 4 members (excludes halogenated alkanes) is 1. The third-order valence-electron chi connectivity index (χ3n) is 3.57. The van der Waals surface area contributed by atoms with Crippen LogP contribution in [0.4, 0.5) is 0 Å². The first-order valence-electron chi connectivity index (χ1n) is 9.18. The number of carboxylic acids is 2. The van der Waals surface area contributed by atoms with E-state index in [2.05, 4.69) is 44.3 Å². The molecule has 0 saturated carbocycles. The highest BCUT2D eigenvalue weighted by atomic mass is 32.2.